The first kappa shape index (κ1) is 14.2. The summed E-state index contributed by atoms with van der Waals surface area (Å²) in [4.78, 5) is 12.3. The van der Waals surface area contributed by atoms with Crippen molar-refractivity contribution in [2.24, 2.45) is 0 Å². The van der Waals surface area contributed by atoms with Crippen LogP contribution in [0.1, 0.15) is 43.7 Å². The molecular weight excluding hydrogens is 254 g/mol. The second-order valence-corrected chi connectivity index (χ2v) is 5.11. The van der Waals surface area contributed by atoms with Crippen LogP contribution in [0.15, 0.2) is 24.7 Å². The number of nitrogens with two attached hydrogens (primary N) is 1. The topological polar surface area (TPSA) is 77.9 Å². The fourth-order valence-corrected chi connectivity index (χ4v) is 2.03. The van der Waals surface area contributed by atoms with Crippen LogP contribution in [0.5, 0.6) is 0 Å². The van der Waals surface area contributed by atoms with E-state index < -0.39 is 0 Å². The Kier molecular flexibility index (Phi) is 4.12. The molecule has 0 radical (unpaired) electrons. The molecule has 2 heterocycles. The van der Waals surface area contributed by atoms with Gasteiger partial charge in [-0.05, 0) is 26.3 Å². The van der Waals surface area contributed by atoms with Crippen molar-refractivity contribution >= 4 is 17.3 Å². The first-order valence-electron chi connectivity index (χ1n) is 6.82. The molecule has 6 heteroatoms. The van der Waals surface area contributed by atoms with Crippen LogP contribution in [0.4, 0.5) is 11.4 Å². The summed E-state index contributed by atoms with van der Waals surface area (Å²) in [5.41, 5.74) is 7.62. The maximum Gasteiger partial charge on any atom is 0.272 e. The molecule has 0 spiro atoms. The molecule has 0 bridgehead atoms. The SMILES string of the molecule is CCCn1cc(N)cc1C(=O)Nc1cnn(C(C)C)c1. The standard InChI is InChI=1S/C14H21N5O/c1-4-5-18-8-11(15)6-13(18)14(20)17-12-7-16-19(9-12)10(2)3/h6-10H,4-5,15H2,1-3H3,(H,17,20). The molecule has 2 aromatic heterocycles. The monoisotopic (exact) mass is 275 g/mol. The quantitative estimate of drug-likeness (QED) is 0.880. The van der Waals surface area contributed by atoms with Crippen molar-refractivity contribution in [3.05, 3.63) is 30.4 Å². The van der Waals surface area contributed by atoms with Gasteiger partial charge in [-0.2, -0.15) is 5.10 Å². The molecule has 3 N–H and O–H groups in total. The Morgan fingerprint density at radius 2 is 2.20 bits per heavy atom. The van der Waals surface area contributed by atoms with Crippen molar-refractivity contribution in [2.75, 3.05) is 11.1 Å². The van der Waals surface area contributed by atoms with E-state index in [-0.39, 0.29) is 11.9 Å². The smallest absolute Gasteiger partial charge is 0.272 e. The average Bonchev–Trinajstić information content (AvgIpc) is 2.97. The van der Waals surface area contributed by atoms with Crippen molar-refractivity contribution in [2.45, 2.75) is 39.8 Å². The zero-order valence-electron chi connectivity index (χ0n) is 12.1. The lowest BCUT2D eigenvalue weighted by Gasteiger charge is -2.07. The molecule has 0 aromatic carbocycles. The largest absolute Gasteiger partial charge is 0.397 e. The molecule has 0 saturated heterocycles. The highest BCUT2D eigenvalue weighted by molar-refractivity contribution is 6.03. The van der Waals surface area contributed by atoms with E-state index in [4.69, 9.17) is 5.73 Å². The Labute approximate surface area is 118 Å². The second kappa shape index (κ2) is 5.81. The van der Waals surface area contributed by atoms with Gasteiger partial charge in [0.2, 0.25) is 0 Å². The zero-order valence-corrected chi connectivity index (χ0v) is 12.1. The fourth-order valence-electron chi connectivity index (χ4n) is 2.03. The molecule has 0 aliphatic carbocycles. The molecule has 6 nitrogen and oxygen atoms in total. The summed E-state index contributed by atoms with van der Waals surface area (Å²) in [5.74, 6) is -0.168. The van der Waals surface area contributed by atoms with Crippen LogP contribution in [-0.2, 0) is 6.54 Å². The summed E-state index contributed by atoms with van der Waals surface area (Å²) in [6.07, 6.45) is 6.20. The maximum atomic E-state index is 12.3. The number of hydrogen-bond acceptors (Lipinski definition) is 3. The van der Waals surface area contributed by atoms with Crippen LogP contribution in [0, 0.1) is 0 Å². The van der Waals surface area contributed by atoms with E-state index >= 15 is 0 Å². The maximum absolute atomic E-state index is 12.3. The van der Waals surface area contributed by atoms with Gasteiger partial charge in [0, 0.05) is 25.0 Å². The lowest BCUT2D eigenvalue weighted by Crippen LogP contribution is -2.16. The van der Waals surface area contributed by atoms with Crippen LogP contribution >= 0.6 is 0 Å². The Hall–Kier alpha value is -2.24. The van der Waals surface area contributed by atoms with Gasteiger partial charge in [0.1, 0.15) is 5.69 Å². The van der Waals surface area contributed by atoms with Crippen molar-refractivity contribution in [3.63, 3.8) is 0 Å². The molecule has 108 valence electrons. The average molecular weight is 275 g/mol. The second-order valence-electron chi connectivity index (χ2n) is 5.11. The third kappa shape index (κ3) is 3.01. The molecule has 0 fully saturated rings. The van der Waals surface area contributed by atoms with Gasteiger partial charge in [-0.25, -0.2) is 0 Å². The van der Waals surface area contributed by atoms with Gasteiger partial charge in [0.25, 0.3) is 5.91 Å². The van der Waals surface area contributed by atoms with Crippen molar-refractivity contribution in [1.82, 2.24) is 14.3 Å². The number of nitrogen functional groups attached to an aromatic ring is 1. The van der Waals surface area contributed by atoms with Crippen LogP contribution in [0.25, 0.3) is 0 Å². The minimum absolute atomic E-state index is 0.168. The summed E-state index contributed by atoms with van der Waals surface area (Å²) in [5, 5.41) is 7.04. The predicted molar refractivity (Wildman–Crippen MR) is 79.7 cm³/mol. The first-order valence-corrected chi connectivity index (χ1v) is 6.82. The number of carbonyl (C=O) groups is 1. The zero-order chi connectivity index (χ0) is 14.7. The summed E-state index contributed by atoms with van der Waals surface area (Å²) in [7, 11) is 0. The van der Waals surface area contributed by atoms with Crippen LogP contribution in [0.2, 0.25) is 0 Å². The third-order valence-corrected chi connectivity index (χ3v) is 3.00. The van der Waals surface area contributed by atoms with Gasteiger partial charge >= 0.3 is 0 Å². The fraction of sp³-hybridized carbons (Fsp3) is 0.429. The van der Waals surface area contributed by atoms with Crippen molar-refractivity contribution in [1.29, 1.82) is 0 Å². The number of hydrogen-bond donors (Lipinski definition) is 2. The summed E-state index contributed by atoms with van der Waals surface area (Å²) in [6.45, 7) is 6.90. The van der Waals surface area contributed by atoms with E-state index in [9.17, 15) is 4.79 Å². The van der Waals surface area contributed by atoms with Gasteiger partial charge in [0.15, 0.2) is 0 Å². The van der Waals surface area contributed by atoms with Crippen LogP contribution in [-0.4, -0.2) is 20.3 Å². The number of rotatable bonds is 5. The van der Waals surface area contributed by atoms with E-state index in [1.807, 2.05) is 24.6 Å². The molecule has 0 unspecified atom stereocenters. The van der Waals surface area contributed by atoms with Crippen LogP contribution < -0.4 is 11.1 Å². The van der Waals surface area contributed by atoms with Gasteiger partial charge < -0.3 is 15.6 Å². The Bertz CT molecular complexity index is 596. The first-order chi connectivity index (χ1) is 9.51. The van der Waals surface area contributed by atoms with Crippen molar-refractivity contribution < 1.29 is 4.79 Å². The minimum Gasteiger partial charge on any atom is -0.397 e. The number of aryl methyl sites for hydroxylation is 1. The Morgan fingerprint density at radius 1 is 1.45 bits per heavy atom. The van der Waals surface area contributed by atoms with E-state index in [0.29, 0.717) is 17.1 Å². The number of aromatic nitrogens is 3. The molecule has 0 saturated carbocycles. The number of amides is 1. The van der Waals surface area contributed by atoms with E-state index in [0.717, 1.165) is 13.0 Å². The van der Waals surface area contributed by atoms with Gasteiger partial charge in [-0.15, -0.1) is 0 Å². The summed E-state index contributed by atoms with van der Waals surface area (Å²) in [6, 6.07) is 1.96. The highest BCUT2D eigenvalue weighted by atomic mass is 16.2. The molecule has 0 aliphatic rings. The molecule has 2 aromatic rings. The molecule has 0 aliphatic heterocycles. The Balaban J connectivity index is 2.14. The van der Waals surface area contributed by atoms with Gasteiger partial charge in [-0.3, -0.25) is 9.48 Å². The number of carbonyl (C=O) groups excluding carboxylic acids is 1. The molecule has 1 amide bonds. The molecular formula is C14H21N5O. The predicted octanol–water partition coefficient (Wildman–Crippen LogP) is 2.51. The normalized spacial score (nSPS) is 11.0. The minimum atomic E-state index is -0.168. The molecule has 20 heavy (non-hydrogen) atoms. The number of anilines is 2. The number of nitrogens with zero attached hydrogens (tertiary/aromatic N) is 3. The van der Waals surface area contributed by atoms with E-state index in [1.54, 1.807) is 23.1 Å². The van der Waals surface area contributed by atoms with E-state index in [2.05, 4.69) is 17.3 Å². The van der Waals surface area contributed by atoms with Crippen LogP contribution in [0.3, 0.4) is 0 Å². The summed E-state index contributed by atoms with van der Waals surface area (Å²) >= 11 is 0. The van der Waals surface area contributed by atoms with E-state index in [1.165, 1.54) is 0 Å². The molecule has 0 atom stereocenters. The highest BCUT2D eigenvalue weighted by Crippen LogP contribution is 2.15. The summed E-state index contributed by atoms with van der Waals surface area (Å²) < 4.78 is 3.67. The molecule has 2 rings (SSSR count). The lowest BCUT2D eigenvalue weighted by molar-refractivity contribution is 0.101. The van der Waals surface area contributed by atoms with Crippen molar-refractivity contribution in [3.8, 4) is 0 Å². The third-order valence-electron chi connectivity index (χ3n) is 3.00. The number of nitrogens with one attached hydrogen (secondary N) is 1. The highest BCUT2D eigenvalue weighted by Gasteiger charge is 2.13. The van der Waals surface area contributed by atoms with Gasteiger partial charge in [-0.1, -0.05) is 6.92 Å². The Morgan fingerprint density at radius 3 is 2.80 bits per heavy atom. The lowest BCUT2D eigenvalue weighted by atomic mass is 10.3. The van der Waals surface area contributed by atoms with Gasteiger partial charge in [0.05, 0.1) is 17.6 Å².